The zero-order valence-electron chi connectivity index (χ0n) is 9.58. The van der Waals surface area contributed by atoms with E-state index < -0.39 is 5.60 Å². The van der Waals surface area contributed by atoms with Gasteiger partial charge in [-0.15, -0.1) is 0 Å². The number of rotatable bonds is 2. The standard InChI is InChI=1S/C13H19NO/c1-3-5-10-7-8-11-12(14-10)6-4-9-13(11,2)15/h7-8,15H,3-6,9H2,1-2H3. The van der Waals surface area contributed by atoms with Gasteiger partial charge in [-0.3, -0.25) is 4.98 Å². The molecule has 1 atom stereocenters. The van der Waals surface area contributed by atoms with Gasteiger partial charge in [0.15, 0.2) is 0 Å². The van der Waals surface area contributed by atoms with E-state index >= 15 is 0 Å². The SMILES string of the molecule is CCCc1ccc2c(n1)CCCC2(C)O. The minimum absolute atomic E-state index is 0.661. The second kappa shape index (κ2) is 3.93. The lowest BCUT2D eigenvalue weighted by Gasteiger charge is -2.30. The Hall–Kier alpha value is -0.890. The minimum atomic E-state index is -0.661. The molecule has 1 aliphatic rings. The van der Waals surface area contributed by atoms with Crippen LogP contribution in [0.25, 0.3) is 0 Å². The molecule has 2 rings (SSSR count). The van der Waals surface area contributed by atoms with Crippen molar-refractivity contribution in [2.24, 2.45) is 0 Å². The third-order valence-electron chi connectivity index (χ3n) is 3.20. The number of fused-ring (bicyclic) bond motifs is 1. The second-order valence-corrected chi connectivity index (χ2v) is 4.67. The summed E-state index contributed by atoms with van der Waals surface area (Å²) in [5.41, 5.74) is 2.64. The van der Waals surface area contributed by atoms with E-state index in [0.717, 1.165) is 49.1 Å². The number of hydrogen-bond donors (Lipinski definition) is 1. The summed E-state index contributed by atoms with van der Waals surface area (Å²) in [7, 11) is 0. The highest BCUT2D eigenvalue weighted by atomic mass is 16.3. The first kappa shape index (κ1) is 10.6. The molecule has 0 aromatic carbocycles. The molecule has 0 radical (unpaired) electrons. The van der Waals surface area contributed by atoms with Crippen LogP contribution in [-0.2, 0) is 18.4 Å². The van der Waals surface area contributed by atoms with Gasteiger partial charge in [0, 0.05) is 17.0 Å². The van der Waals surface area contributed by atoms with Crippen LogP contribution in [-0.4, -0.2) is 10.1 Å². The number of aromatic nitrogens is 1. The molecule has 0 bridgehead atoms. The van der Waals surface area contributed by atoms with Crippen molar-refractivity contribution in [3.05, 3.63) is 29.1 Å². The molecule has 2 nitrogen and oxygen atoms in total. The maximum absolute atomic E-state index is 10.2. The van der Waals surface area contributed by atoms with Gasteiger partial charge in [0.05, 0.1) is 5.60 Å². The second-order valence-electron chi connectivity index (χ2n) is 4.67. The summed E-state index contributed by atoms with van der Waals surface area (Å²) in [4.78, 5) is 4.64. The van der Waals surface area contributed by atoms with Crippen LogP contribution in [0.2, 0.25) is 0 Å². The molecule has 1 unspecified atom stereocenters. The summed E-state index contributed by atoms with van der Waals surface area (Å²) in [6.45, 7) is 4.06. The Morgan fingerprint density at radius 2 is 2.27 bits per heavy atom. The zero-order valence-corrected chi connectivity index (χ0v) is 9.58. The minimum Gasteiger partial charge on any atom is -0.385 e. The molecule has 2 heteroatoms. The highest BCUT2D eigenvalue weighted by Crippen LogP contribution is 2.33. The average molecular weight is 205 g/mol. The van der Waals surface area contributed by atoms with Crippen LogP contribution in [0.1, 0.15) is 50.1 Å². The normalized spacial score (nSPS) is 25.0. The van der Waals surface area contributed by atoms with E-state index in [1.54, 1.807) is 0 Å². The van der Waals surface area contributed by atoms with E-state index in [-0.39, 0.29) is 0 Å². The summed E-state index contributed by atoms with van der Waals surface area (Å²) in [6, 6.07) is 4.12. The van der Waals surface area contributed by atoms with Gasteiger partial charge in [-0.2, -0.15) is 0 Å². The van der Waals surface area contributed by atoms with E-state index in [2.05, 4.69) is 24.0 Å². The lowest BCUT2D eigenvalue weighted by atomic mass is 9.83. The van der Waals surface area contributed by atoms with Gasteiger partial charge in [-0.1, -0.05) is 19.4 Å². The van der Waals surface area contributed by atoms with Gasteiger partial charge >= 0.3 is 0 Å². The fourth-order valence-electron chi connectivity index (χ4n) is 2.36. The monoisotopic (exact) mass is 205 g/mol. The molecule has 1 aliphatic carbocycles. The highest BCUT2D eigenvalue weighted by molar-refractivity contribution is 5.30. The quantitative estimate of drug-likeness (QED) is 0.805. The number of nitrogens with zero attached hydrogens (tertiary/aromatic N) is 1. The van der Waals surface area contributed by atoms with Crippen LogP contribution in [0, 0.1) is 0 Å². The fraction of sp³-hybridized carbons (Fsp3) is 0.615. The molecule has 82 valence electrons. The Bertz CT molecular complexity index is 358. The third-order valence-corrected chi connectivity index (χ3v) is 3.20. The van der Waals surface area contributed by atoms with Crippen molar-refractivity contribution in [1.82, 2.24) is 4.98 Å². The van der Waals surface area contributed by atoms with Crippen molar-refractivity contribution < 1.29 is 5.11 Å². The van der Waals surface area contributed by atoms with Gasteiger partial charge in [0.2, 0.25) is 0 Å². The molecular weight excluding hydrogens is 186 g/mol. The number of pyridine rings is 1. The molecule has 1 heterocycles. The molecule has 0 fully saturated rings. The largest absolute Gasteiger partial charge is 0.385 e. The first-order chi connectivity index (χ1) is 7.13. The first-order valence-corrected chi connectivity index (χ1v) is 5.85. The van der Waals surface area contributed by atoms with Crippen LogP contribution in [0.3, 0.4) is 0 Å². The molecule has 0 saturated carbocycles. The molecule has 1 N–H and O–H groups in total. The van der Waals surface area contributed by atoms with E-state index in [9.17, 15) is 5.11 Å². The maximum atomic E-state index is 10.2. The smallest absolute Gasteiger partial charge is 0.0886 e. The zero-order chi connectivity index (χ0) is 10.9. The summed E-state index contributed by atoms with van der Waals surface area (Å²) < 4.78 is 0. The van der Waals surface area contributed by atoms with E-state index in [1.165, 1.54) is 0 Å². The van der Waals surface area contributed by atoms with E-state index in [4.69, 9.17) is 0 Å². The van der Waals surface area contributed by atoms with Gasteiger partial charge < -0.3 is 5.11 Å². The Balaban J connectivity index is 2.36. The van der Waals surface area contributed by atoms with Gasteiger partial charge in [-0.25, -0.2) is 0 Å². The topological polar surface area (TPSA) is 33.1 Å². The van der Waals surface area contributed by atoms with Crippen molar-refractivity contribution in [2.45, 2.75) is 51.6 Å². The summed E-state index contributed by atoms with van der Waals surface area (Å²) in [5, 5.41) is 10.2. The van der Waals surface area contributed by atoms with Crippen molar-refractivity contribution in [3.63, 3.8) is 0 Å². The molecule has 1 aromatic rings. The molecule has 15 heavy (non-hydrogen) atoms. The van der Waals surface area contributed by atoms with Crippen LogP contribution in [0.5, 0.6) is 0 Å². The summed E-state index contributed by atoms with van der Waals surface area (Å²) in [5.74, 6) is 0. The van der Waals surface area contributed by atoms with Crippen LogP contribution < -0.4 is 0 Å². The predicted octanol–water partition coefficient (Wildman–Crippen LogP) is 2.58. The Kier molecular flexibility index (Phi) is 2.79. The number of aryl methyl sites for hydroxylation is 2. The van der Waals surface area contributed by atoms with Gasteiger partial charge in [-0.05, 0) is 38.7 Å². The van der Waals surface area contributed by atoms with Gasteiger partial charge in [0.25, 0.3) is 0 Å². The maximum Gasteiger partial charge on any atom is 0.0886 e. The van der Waals surface area contributed by atoms with Crippen molar-refractivity contribution in [1.29, 1.82) is 0 Å². The Labute approximate surface area is 91.4 Å². The first-order valence-electron chi connectivity index (χ1n) is 5.85. The molecule has 1 aromatic heterocycles. The van der Waals surface area contributed by atoms with Crippen molar-refractivity contribution in [3.8, 4) is 0 Å². The number of aliphatic hydroxyl groups is 1. The molecule has 0 amide bonds. The van der Waals surface area contributed by atoms with Crippen LogP contribution in [0.4, 0.5) is 0 Å². The van der Waals surface area contributed by atoms with Crippen molar-refractivity contribution in [2.75, 3.05) is 0 Å². The third kappa shape index (κ3) is 2.05. The fourth-order valence-corrected chi connectivity index (χ4v) is 2.36. The van der Waals surface area contributed by atoms with E-state index in [0.29, 0.717) is 0 Å². The lowest BCUT2D eigenvalue weighted by molar-refractivity contribution is 0.0378. The predicted molar refractivity (Wildman–Crippen MR) is 60.7 cm³/mol. The number of hydrogen-bond acceptors (Lipinski definition) is 2. The van der Waals surface area contributed by atoms with Crippen molar-refractivity contribution >= 4 is 0 Å². The Morgan fingerprint density at radius 1 is 1.47 bits per heavy atom. The molecule has 0 aliphatic heterocycles. The molecular formula is C13H19NO. The highest BCUT2D eigenvalue weighted by Gasteiger charge is 2.30. The van der Waals surface area contributed by atoms with Crippen LogP contribution in [0.15, 0.2) is 12.1 Å². The lowest BCUT2D eigenvalue weighted by Crippen LogP contribution is -2.27. The summed E-state index contributed by atoms with van der Waals surface area (Å²) in [6.07, 6.45) is 5.08. The average Bonchev–Trinajstić information content (AvgIpc) is 2.17. The van der Waals surface area contributed by atoms with E-state index in [1.807, 2.05) is 6.92 Å². The summed E-state index contributed by atoms with van der Waals surface area (Å²) >= 11 is 0. The molecule has 0 spiro atoms. The van der Waals surface area contributed by atoms with Crippen LogP contribution >= 0.6 is 0 Å². The van der Waals surface area contributed by atoms with Gasteiger partial charge in [0.1, 0.15) is 0 Å². The Morgan fingerprint density at radius 3 is 3.00 bits per heavy atom. The molecule has 0 saturated heterocycles.